The Bertz CT molecular complexity index is 5850. The molecule has 0 spiro atoms. The number of aromatic nitrogens is 7. The molecule has 20 aromatic rings. The molecule has 0 aliphatic carbocycles. The molecule has 7 aromatic heterocycles. The molecule has 9 heteroatoms. The van der Waals surface area contributed by atoms with Crippen molar-refractivity contribution in [3.8, 4) is 56.9 Å². The van der Waals surface area contributed by atoms with Crippen LogP contribution in [-0.2, 0) is 0 Å². The first kappa shape index (κ1) is 49.6. The van der Waals surface area contributed by atoms with Crippen molar-refractivity contribution in [2.24, 2.45) is 0 Å². The average molecular weight is 1180 g/mol. The first-order valence-electron chi connectivity index (χ1n) is 30.4. The minimum absolute atomic E-state index is 0.553. The molecule has 0 aliphatic rings. The van der Waals surface area contributed by atoms with Crippen LogP contribution in [0.5, 0.6) is 0 Å². The highest BCUT2D eigenvalue weighted by atomic mass is 32.1. The minimum atomic E-state index is 0.553. The lowest BCUT2D eigenvalue weighted by Crippen LogP contribution is -2.08. The molecule has 7 nitrogen and oxygen atoms in total. The summed E-state index contributed by atoms with van der Waals surface area (Å²) in [5.41, 5.74) is 15.6. The molecule has 0 radical (unpaired) electrons. The van der Waals surface area contributed by atoms with Crippen LogP contribution in [0.15, 0.2) is 285 Å². The Balaban J connectivity index is 1.01. The fourth-order valence-electron chi connectivity index (χ4n) is 14.9. The Morgan fingerprint density at radius 3 is 0.811 bits per heavy atom. The zero-order valence-corrected chi connectivity index (χ0v) is 49.7. The Morgan fingerprint density at radius 1 is 0.233 bits per heavy atom. The predicted octanol–water partition coefficient (Wildman–Crippen LogP) is 22.0. The summed E-state index contributed by atoms with van der Waals surface area (Å²) in [6.45, 7) is 0. The molecule has 90 heavy (non-hydrogen) atoms. The predicted molar refractivity (Wildman–Crippen MR) is 379 cm³/mol. The summed E-state index contributed by atoms with van der Waals surface area (Å²) >= 11 is 3.69. The van der Waals surface area contributed by atoms with Crippen molar-refractivity contribution >= 4 is 150 Å². The molecule has 0 unspecified atom stereocenters. The molecule has 0 saturated heterocycles. The van der Waals surface area contributed by atoms with Gasteiger partial charge in [-0.15, -0.1) is 22.7 Å². The van der Waals surface area contributed by atoms with Gasteiger partial charge in [-0.05, 0) is 72.8 Å². The Kier molecular flexibility index (Phi) is 10.5. The second-order valence-corrected chi connectivity index (χ2v) is 25.4. The number of hydrogen-bond donors (Lipinski definition) is 0. The van der Waals surface area contributed by atoms with Crippen molar-refractivity contribution < 1.29 is 0 Å². The third-order valence-electron chi connectivity index (χ3n) is 18.6. The van der Waals surface area contributed by atoms with Gasteiger partial charge in [-0.25, -0.2) is 15.0 Å². The van der Waals surface area contributed by atoms with Crippen LogP contribution in [0.4, 0.5) is 0 Å². The normalized spacial score (nSPS) is 12.2. The van der Waals surface area contributed by atoms with Crippen LogP contribution in [0.1, 0.15) is 0 Å². The number of fused-ring (bicyclic) bond motifs is 18. The zero-order valence-electron chi connectivity index (χ0n) is 48.1. The quantitative estimate of drug-likeness (QED) is 0.160. The van der Waals surface area contributed by atoms with Crippen LogP contribution in [0.25, 0.3) is 184 Å². The van der Waals surface area contributed by atoms with Crippen molar-refractivity contribution in [1.82, 2.24) is 33.2 Å². The van der Waals surface area contributed by atoms with Gasteiger partial charge in [-0.3, -0.25) is 0 Å². The Hall–Kier alpha value is -11.5. The molecule has 0 N–H and O–H groups in total. The summed E-state index contributed by atoms with van der Waals surface area (Å²) in [5.74, 6) is 1.67. The number of thiophene rings is 2. The lowest BCUT2D eigenvalue weighted by Gasteiger charge is -2.21. The van der Waals surface area contributed by atoms with Crippen molar-refractivity contribution in [2.75, 3.05) is 0 Å². The minimum Gasteiger partial charge on any atom is -0.308 e. The van der Waals surface area contributed by atoms with Crippen molar-refractivity contribution in [2.45, 2.75) is 0 Å². The van der Waals surface area contributed by atoms with Crippen molar-refractivity contribution in [3.05, 3.63) is 285 Å². The number of benzene rings is 13. The van der Waals surface area contributed by atoms with Gasteiger partial charge in [0.1, 0.15) is 0 Å². The molecule has 0 atom stereocenters. The van der Waals surface area contributed by atoms with Crippen molar-refractivity contribution in [1.29, 1.82) is 0 Å². The van der Waals surface area contributed by atoms with Gasteiger partial charge in [-0.1, -0.05) is 212 Å². The van der Waals surface area contributed by atoms with Gasteiger partial charge in [0.05, 0.1) is 76.3 Å². The van der Waals surface area contributed by atoms with Crippen LogP contribution in [0.2, 0.25) is 0 Å². The number of rotatable bonds is 7. The highest BCUT2D eigenvalue weighted by molar-refractivity contribution is 7.26. The van der Waals surface area contributed by atoms with Crippen molar-refractivity contribution in [3.63, 3.8) is 0 Å². The molecule has 0 bridgehead atoms. The smallest absolute Gasteiger partial charge is 0.166 e. The molecule has 7 heterocycles. The first-order valence-corrected chi connectivity index (χ1v) is 32.1. The van der Waals surface area contributed by atoms with Crippen LogP contribution in [0.3, 0.4) is 0 Å². The number of hydrogen-bond acceptors (Lipinski definition) is 5. The zero-order chi connectivity index (χ0) is 58.7. The summed E-state index contributed by atoms with van der Waals surface area (Å²) in [5, 5.41) is 14.0. The van der Waals surface area contributed by atoms with Gasteiger partial charge in [-0.2, -0.15) is 0 Å². The highest BCUT2D eigenvalue weighted by Gasteiger charge is 2.31. The molecule has 0 fully saturated rings. The molecule has 13 aromatic carbocycles. The van der Waals surface area contributed by atoms with E-state index >= 15 is 0 Å². The molecule has 0 saturated carbocycles. The van der Waals surface area contributed by atoms with Gasteiger partial charge in [0.25, 0.3) is 0 Å². The van der Waals surface area contributed by atoms with E-state index in [2.05, 4.69) is 303 Å². The second-order valence-electron chi connectivity index (χ2n) is 23.3. The van der Waals surface area contributed by atoms with Crippen LogP contribution in [0, 0.1) is 0 Å². The molecule has 0 amide bonds. The number of para-hydroxylation sites is 8. The SMILES string of the molecule is c1ccc(-c2nc(-c3cc(-n4c5ccccc5c5ccccc54)c4sc5ccccc5c4c3-n3c4ccccc4c4ccccc43)nc(-c3cc(-n4c5ccccc5c5ccccc54)c4sc5ccccc5c4c3-n3c4ccccc4c4ccccc43)n2)cc1. The topological polar surface area (TPSA) is 58.4 Å². The molecule has 418 valence electrons. The van der Waals surface area contributed by atoms with E-state index in [0.717, 1.165) is 105 Å². The lowest BCUT2D eigenvalue weighted by molar-refractivity contribution is 1.06. The van der Waals surface area contributed by atoms with Crippen LogP contribution >= 0.6 is 22.7 Å². The van der Waals surface area contributed by atoms with E-state index in [4.69, 9.17) is 15.0 Å². The van der Waals surface area contributed by atoms with Gasteiger partial charge in [0, 0.05) is 90.7 Å². The third-order valence-corrected chi connectivity index (χ3v) is 21.0. The number of nitrogens with zero attached hydrogens (tertiary/aromatic N) is 7. The average Bonchev–Trinajstić information content (AvgIpc) is 1.55. The molecule has 0 aliphatic heterocycles. The van der Waals surface area contributed by atoms with E-state index in [-0.39, 0.29) is 0 Å². The second kappa shape index (κ2) is 19.0. The molecule has 20 rings (SSSR count). The fraction of sp³-hybridized carbons (Fsp3) is 0. The monoisotopic (exact) mass is 1180 g/mol. The Labute approximate surface area is 522 Å². The molecular formula is C81H47N7S2. The van der Waals surface area contributed by atoms with Gasteiger partial charge >= 0.3 is 0 Å². The van der Waals surface area contributed by atoms with E-state index in [1.54, 1.807) is 0 Å². The summed E-state index contributed by atoms with van der Waals surface area (Å²) in [6, 6.07) is 104. The summed E-state index contributed by atoms with van der Waals surface area (Å²) in [6.07, 6.45) is 0. The highest BCUT2D eigenvalue weighted by Crippen LogP contribution is 2.52. The largest absolute Gasteiger partial charge is 0.308 e. The van der Waals surface area contributed by atoms with Gasteiger partial charge in [0.2, 0.25) is 0 Å². The lowest BCUT2D eigenvalue weighted by atomic mass is 10.0. The van der Waals surface area contributed by atoms with Gasteiger partial charge in [0.15, 0.2) is 17.5 Å². The summed E-state index contributed by atoms with van der Waals surface area (Å²) in [7, 11) is 0. The standard InChI is InChI=1S/C81H47N7S2/c1-2-24-48(25-3-1)79-82-80(59-46-69(85-61-36-14-4-26-49(61)50-27-5-15-37-62(50)85)77-73(57-34-12-22-44-71(57)89-77)75(59)87-65-40-18-8-30-53(65)54-31-9-19-41-66(54)87)84-81(83-79)60-47-70(86-63-38-16-6-28-51(63)52-29-7-17-39-64(52)86)78-74(58-35-13-23-45-72(58)90-78)76(60)88-67-42-20-10-32-55(67)56-33-11-21-43-68(56)88/h1-47H. The maximum absolute atomic E-state index is 6.14. The van der Waals surface area contributed by atoms with E-state index < -0.39 is 0 Å². The van der Waals surface area contributed by atoms with E-state index in [1.165, 1.54) is 61.9 Å². The van der Waals surface area contributed by atoms with Crippen LogP contribution < -0.4 is 0 Å². The third kappa shape index (κ3) is 6.95. The summed E-state index contributed by atoms with van der Waals surface area (Å²) < 4.78 is 14.7. The van der Waals surface area contributed by atoms with E-state index in [1.807, 2.05) is 22.7 Å². The van der Waals surface area contributed by atoms with E-state index in [0.29, 0.717) is 17.5 Å². The van der Waals surface area contributed by atoms with E-state index in [9.17, 15) is 0 Å². The first-order chi connectivity index (χ1) is 44.7. The maximum atomic E-state index is 6.14. The molecular weight excluding hydrogens is 1140 g/mol. The van der Waals surface area contributed by atoms with Crippen LogP contribution in [-0.4, -0.2) is 33.2 Å². The Morgan fingerprint density at radius 2 is 0.489 bits per heavy atom. The van der Waals surface area contributed by atoms with Gasteiger partial charge < -0.3 is 18.3 Å². The maximum Gasteiger partial charge on any atom is 0.166 e. The fourth-order valence-corrected chi connectivity index (χ4v) is 17.3. The summed E-state index contributed by atoms with van der Waals surface area (Å²) in [4.78, 5) is 17.8.